The average Bonchev–Trinajstić information content (AvgIpc) is 2.63. The maximum atomic E-state index is 5.00. The summed E-state index contributed by atoms with van der Waals surface area (Å²) < 4.78 is 5.56. The van der Waals surface area contributed by atoms with Crippen LogP contribution in [-0.4, -0.2) is 21.1 Å². The summed E-state index contributed by atoms with van der Waals surface area (Å²) in [6.45, 7) is 0. The van der Waals surface area contributed by atoms with Crippen molar-refractivity contribution in [2.45, 2.75) is 24.5 Å². The van der Waals surface area contributed by atoms with Gasteiger partial charge >= 0.3 is 0 Å². The summed E-state index contributed by atoms with van der Waals surface area (Å²) in [6, 6.07) is 0. The van der Waals surface area contributed by atoms with Crippen molar-refractivity contribution in [3.8, 4) is 0 Å². The molecule has 2 rings (SSSR count). The minimum absolute atomic E-state index is 0.556. The van der Waals surface area contributed by atoms with Gasteiger partial charge in [0.1, 0.15) is 0 Å². The number of rotatable bonds is 2. The lowest BCUT2D eigenvalue weighted by Gasteiger charge is -2.01. The van der Waals surface area contributed by atoms with E-state index in [-0.39, 0.29) is 0 Å². The van der Waals surface area contributed by atoms with Gasteiger partial charge in [-0.2, -0.15) is 16.7 Å². The number of hydrogen-bond acceptors (Lipinski definition) is 4. The molecule has 0 spiro atoms. The third-order valence-electron chi connectivity index (χ3n) is 1.87. The molecule has 1 aromatic rings. The molecule has 0 saturated carbocycles. The van der Waals surface area contributed by atoms with Crippen molar-refractivity contribution in [1.82, 2.24) is 10.1 Å². The van der Waals surface area contributed by atoms with Crippen molar-refractivity contribution >= 4 is 27.7 Å². The molecule has 0 radical (unpaired) electrons. The zero-order valence-corrected chi connectivity index (χ0v) is 8.90. The molecular weight excluding hydrogens is 240 g/mol. The van der Waals surface area contributed by atoms with E-state index in [9.17, 15) is 0 Å². The molecule has 5 heteroatoms. The van der Waals surface area contributed by atoms with Gasteiger partial charge in [-0.1, -0.05) is 0 Å². The largest absolute Gasteiger partial charge is 0.338 e. The van der Waals surface area contributed by atoms with Crippen molar-refractivity contribution in [2.24, 2.45) is 0 Å². The highest BCUT2D eigenvalue weighted by molar-refractivity contribution is 9.10. The number of aromatic nitrogens is 2. The minimum Gasteiger partial charge on any atom is -0.338 e. The molecule has 1 atom stereocenters. The first kappa shape index (κ1) is 8.56. The van der Waals surface area contributed by atoms with Gasteiger partial charge in [-0.15, -0.1) is 0 Å². The Balaban J connectivity index is 1.94. The van der Waals surface area contributed by atoms with Crippen LogP contribution in [0.15, 0.2) is 9.26 Å². The van der Waals surface area contributed by atoms with Gasteiger partial charge in [0, 0.05) is 11.7 Å². The Morgan fingerprint density at radius 2 is 2.58 bits per heavy atom. The highest BCUT2D eigenvalue weighted by atomic mass is 79.9. The van der Waals surface area contributed by atoms with Crippen molar-refractivity contribution in [1.29, 1.82) is 0 Å². The lowest BCUT2D eigenvalue weighted by atomic mass is 10.2. The predicted octanol–water partition coefficient (Wildman–Crippen LogP) is 2.27. The fourth-order valence-electron chi connectivity index (χ4n) is 1.32. The molecule has 0 N–H and O–H groups in total. The summed E-state index contributed by atoms with van der Waals surface area (Å²) in [6.07, 6.45) is 3.53. The normalized spacial score (nSPS) is 23.2. The van der Waals surface area contributed by atoms with Crippen LogP contribution >= 0.6 is 27.7 Å². The van der Waals surface area contributed by atoms with Gasteiger partial charge in [0.25, 0.3) is 0 Å². The van der Waals surface area contributed by atoms with Gasteiger partial charge in [0.2, 0.25) is 10.6 Å². The van der Waals surface area contributed by atoms with Gasteiger partial charge in [-0.25, -0.2) is 0 Å². The van der Waals surface area contributed by atoms with E-state index in [0.717, 1.165) is 12.3 Å². The Hall–Kier alpha value is -0.0300. The van der Waals surface area contributed by atoms with Crippen LogP contribution in [0.25, 0.3) is 0 Å². The first-order valence-electron chi connectivity index (χ1n) is 3.94. The lowest BCUT2D eigenvalue weighted by molar-refractivity contribution is 0.373. The minimum atomic E-state index is 0.556. The summed E-state index contributed by atoms with van der Waals surface area (Å²) in [5.41, 5.74) is 0. The first-order chi connectivity index (χ1) is 5.84. The Morgan fingerprint density at radius 3 is 3.17 bits per heavy atom. The van der Waals surface area contributed by atoms with E-state index in [2.05, 4.69) is 26.1 Å². The smallest absolute Gasteiger partial charge is 0.238 e. The Morgan fingerprint density at radius 1 is 1.67 bits per heavy atom. The second-order valence-electron chi connectivity index (χ2n) is 2.80. The van der Waals surface area contributed by atoms with Crippen molar-refractivity contribution in [2.75, 3.05) is 5.75 Å². The fourth-order valence-corrected chi connectivity index (χ4v) is 2.85. The molecule has 1 aromatic heterocycles. The van der Waals surface area contributed by atoms with E-state index < -0.39 is 0 Å². The molecule has 2 heterocycles. The molecule has 0 aliphatic carbocycles. The Bertz CT molecular complexity index is 260. The SMILES string of the molecule is Brc1noc(CC2CCCS2)n1. The van der Waals surface area contributed by atoms with Crippen molar-refractivity contribution < 1.29 is 4.52 Å². The number of halogens is 1. The summed E-state index contributed by atoms with van der Waals surface area (Å²) >= 11 is 5.16. The zero-order valence-electron chi connectivity index (χ0n) is 6.49. The van der Waals surface area contributed by atoms with Crippen LogP contribution in [-0.2, 0) is 6.42 Å². The average molecular weight is 249 g/mol. The van der Waals surface area contributed by atoms with Gasteiger partial charge < -0.3 is 4.52 Å². The molecule has 1 unspecified atom stereocenters. The molecule has 0 bridgehead atoms. The van der Waals surface area contributed by atoms with Crippen molar-refractivity contribution in [3.05, 3.63) is 10.6 Å². The van der Waals surface area contributed by atoms with E-state index >= 15 is 0 Å². The highest BCUT2D eigenvalue weighted by Gasteiger charge is 2.18. The molecule has 1 aliphatic rings. The van der Waals surface area contributed by atoms with Crippen LogP contribution in [0.4, 0.5) is 0 Å². The third-order valence-corrected chi connectivity index (χ3v) is 3.59. The van der Waals surface area contributed by atoms with E-state index in [0.29, 0.717) is 9.98 Å². The topological polar surface area (TPSA) is 38.9 Å². The quantitative estimate of drug-likeness (QED) is 0.805. The standard InChI is InChI=1S/C7H9BrN2OS/c8-7-9-6(11-10-7)4-5-2-1-3-12-5/h5H,1-4H2. The van der Waals surface area contributed by atoms with E-state index in [1.54, 1.807) is 0 Å². The maximum absolute atomic E-state index is 5.00. The molecule has 0 amide bonds. The Labute approximate surface area is 83.4 Å². The summed E-state index contributed by atoms with van der Waals surface area (Å²) in [4.78, 5) is 4.10. The van der Waals surface area contributed by atoms with Gasteiger partial charge in [-0.05, 0) is 39.7 Å². The monoisotopic (exact) mass is 248 g/mol. The Kier molecular flexibility index (Phi) is 2.70. The van der Waals surface area contributed by atoms with Gasteiger partial charge in [0.15, 0.2) is 0 Å². The second kappa shape index (κ2) is 3.79. The molecule has 1 saturated heterocycles. The second-order valence-corrected chi connectivity index (χ2v) is 4.91. The molecule has 66 valence electrons. The number of hydrogen-bond donors (Lipinski definition) is 0. The number of nitrogens with zero attached hydrogens (tertiary/aromatic N) is 2. The summed E-state index contributed by atoms with van der Waals surface area (Å²) in [5.74, 6) is 2.03. The van der Waals surface area contributed by atoms with Crippen LogP contribution < -0.4 is 0 Å². The highest BCUT2D eigenvalue weighted by Crippen LogP contribution is 2.28. The molecular formula is C7H9BrN2OS. The fraction of sp³-hybridized carbons (Fsp3) is 0.714. The predicted molar refractivity (Wildman–Crippen MR) is 51.2 cm³/mol. The maximum Gasteiger partial charge on any atom is 0.238 e. The van der Waals surface area contributed by atoms with E-state index in [1.807, 2.05) is 11.8 Å². The summed E-state index contributed by atoms with van der Waals surface area (Å²) in [7, 11) is 0. The van der Waals surface area contributed by atoms with Crippen LogP contribution in [0.3, 0.4) is 0 Å². The molecule has 1 fully saturated rings. The molecule has 0 aromatic carbocycles. The number of thioether (sulfide) groups is 1. The van der Waals surface area contributed by atoms with Crippen molar-refractivity contribution in [3.63, 3.8) is 0 Å². The first-order valence-corrected chi connectivity index (χ1v) is 5.78. The van der Waals surface area contributed by atoms with Crippen LogP contribution in [0.5, 0.6) is 0 Å². The molecule has 3 nitrogen and oxygen atoms in total. The van der Waals surface area contributed by atoms with Gasteiger partial charge in [0.05, 0.1) is 0 Å². The van der Waals surface area contributed by atoms with E-state index in [4.69, 9.17) is 4.52 Å². The van der Waals surface area contributed by atoms with Crippen LogP contribution in [0.2, 0.25) is 0 Å². The van der Waals surface area contributed by atoms with Crippen LogP contribution in [0.1, 0.15) is 18.7 Å². The van der Waals surface area contributed by atoms with Crippen LogP contribution in [0, 0.1) is 0 Å². The summed E-state index contributed by atoms with van der Waals surface area (Å²) in [5, 5.41) is 4.37. The lowest BCUT2D eigenvalue weighted by Crippen LogP contribution is -2.01. The van der Waals surface area contributed by atoms with E-state index in [1.165, 1.54) is 18.6 Å². The molecule has 1 aliphatic heterocycles. The molecule has 12 heavy (non-hydrogen) atoms. The third kappa shape index (κ3) is 2.01. The zero-order chi connectivity index (χ0) is 8.39. The van der Waals surface area contributed by atoms with Gasteiger partial charge in [-0.3, -0.25) is 0 Å².